The molecule has 1 aliphatic heterocycles. The van der Waals surface area contributed by atoms with E-state index in [0.717, 1.165) is 34.2 Å². The molecule has 1 saturated heterocycles. The summed E-state index contributed by atoms with van der Waals surface area (Å²) in [5.74, 6) is -0.535. The molecule has 3 atom stereocenters. The van der Waals surface area contributed by atoms with Crippen LogP contribution in [0.2, 0.25) is 0 Å². The zero-order chi connectivity index (χ0) is 21.1. The number of para-hydroxylation sites is 1. The lowest BCUT2D eigenvalue weighted by atomic mass is 10.1. The number of amides is 4. The van der Waals surface area contributed by atoms with E-state index in [9.17, 15) is 14.4 Å². The number of aromatic nitrogens is 1. The smallest absolute Gasteiger partial charge is 0.325 e. The molecule has 0 bridgehead atoms. The Bertz CT molecular complexity index is 896. The molecule has 3 unspecified atom stereocenters. The molecule has 1 aromatic carbocycles. The highest BCUT2D eigenvalue weighted by molar-refractivity contribution is 6.06. The van der Waals surface area contributed by atoms with E-state index in [0.29, 0.717) is 6.42 Å². The Labute approximate surface area is 171 Å². The average molecular weight is 399 g/mol. The topological polar surface area (TPSA) is 85.5 Å². The third-order valence-corrected chi connectivity index (χ3v) is 5.92. The summed E-state index contributed by atoms with van der Waals surface area (Å²) >= 11 is 0. The number of fused-ring (bicyclic) bond motifs is 1. The van der Waals surface area contributed by atoms with Crippen LogP contribution >= 0.6 is 0 Å². The number of benzene rings is 1. The molecule has 1 aliphatic rings. The Hall–Kier alpha value is -2.83. The van der Waals surface area contributed by atoms with Gasteiger partial charge in [-0.1, -0.05) is 32.0 Å². The average Bonchev–Trinajstić information content (AvgIpc) is 3.24. The third-order valence-electron chi connectivity index (χ3n) is 5.92. The van der Waals surface area contributed by atoms with Gasteiger partial charge in [-0.15, -0.1) is 0 Å². The fourth-order valence-electron chi connectivity index (χ4n) is 3.92. The van der Waals surface area contributed by atoms with E-state index in [1.54, 1.807) is 4.90 Å². The minimum atomic E-state index is -0.657. The number of H-pyrrole nitrogens is 1. The molecule has 0 spiro atoms. The Morgan fingerprint density at radius 3 is 2.45 bits per heavy atom. The lowest BCUT2D eigenvalue weighted by Crippen LogP contribution is -2.50. The molecular weight excluding hydrogens is 368 g/mol. The van der Waals surface area contributed by atoms with Crippen molar-refractivity contribution < 1.29 is 14.4 Å². The van der Waals surface area contributed by atoms with Crippen molar-refractivity contribution in [2.75, 3.05) is 6.54 Å². The predicted octanol–water partition coefficient (Wildman–Crippen LogP) is 3.06. The molecule has 7 nitrogen and oxygen atoms in total. The van der Waals surface area contributed by atoms with Crippen molar-refractivity contribution in [1.82, 2.24) is 20.1 Å². The number of aromatic amines is 1. The zero-order valence-corrected chi connectivity index (χ0v) is 17.6. The summed E-state index contributed by atoms with van der Waals surface area (Å²) in [7, 11) is 0. The van der Waals surface area contributed by atoms with Crippen molar-refractivity contribution in [1.29, 1.82) is 0 Å². The summed E-state index contributed by atoms with van der Waals surface area (Å²) in [6, 6.07) is 6.80. The predicted molar refractivity (Wildman–Crippen MR) is 112 cm³/mol. The second kappa shape index (κ2) is 8.68. The van der Waals surface area contributed by atoms with Gasteiger partial charge in [0.15, 0.2) is 0 Å². The molecule has 29 heavy (non-hydrogen) atoms. The van der Waals surface area contributed by atoms with Crippen LogP contribution in [-0.2, 0) is 16.0 Å². The van der Waals surface area contributed by atoms with Crippen LogP contribution in [0.25, 0.3) is 10.9 Å². The van der Waals surface area contributed by atoms with Gasteiger partial charge < -0.3 is 15.2 Å². The van der Waals surface area contributed by atoms with Crippen LogP contribution < -0.4 is 5.32 Å². The fraction of sp³-hybridized carbons (Fsp3) is 0.500. The van der Waals surface area contributed by atoms with Crippen LogP contribution in [0.1, 0.15) is 46.1 Å². The number of nitrogens with zero attached hydrogens (tertiary/aromatic N) is 2. The van der Waals surface area contributed by atoms with Crippen LogP contribution in [0.3, 0.4) is 0 Å². The summed E-state index contributed by atoms with van der Waals surface area (Å²) in [5.41, 5.74) is 1.96. The number of urea groups is 1. The molecule has 156 valence electrons. The maximum Gasteiger partial charge on any atom is 0.325 e. The molecule has 2 heterocycles. The molecule has 2 aromatic rings. The molecule has 7 heteroatoms. The lowest BCUT2D eigenvalue weighted by molar-refractivity contribution is -0.140. The van der Waals surface area contributed by atoms with E-state index in [1.165, 1.54) is 0 Å². The minimum Gasteiger partial charge on any atom is -0.361 e. The van der Waals surface area contributed by atoms with Gasteiger partial charge in [0.05, 0.1) is 0 Å². The molecule has 1 fully saturated rings. The summed E-state index contributed by atoms with van der Waals surface area (Å²) in [4.78, 5) is 44.3. The number of imide groups is 1. The monoisotopic (exact) mass is 398 g/mol. The standard InChI is InChI=1S/C22H30N4O3/c1-5-14(3)26(15(4)6-2)20(27)13-25-21(28)19(24-22(25)29)11-16-12-23-18-10-8-7-9-17(16)18/h7-10,12,14-15,19,23H,5-6,11,13H2,1-4H3,(H,24,29). The minimum absolute atomic E-state index is 0.0558. The molecular formula is C22H30N4O3. The van der Waals surface area contributed by atoms with Gasteiger partial charge in [0.2, 0.25) is 5.91 Å². The van der Waals surface area contributed by atoms with Crippen LogP contribution in [-0.4, -0.2) is 57.3 Å². The van der Waals surface area contributed by atoms with E-state index in [-0.39, 0.29) is 30.4 Å². The van der Waals surface area contributed by atoms with Gasteiger partial charge in [-0.25, -0.2) is 4.79 Å². The zero-order valence-electron chi connectivity index (χ0n) is 17.6. The summed E-state index contributed by atoms with van der Waals surface area (Å²) in [6.07, 6.45) is 3.89. The number of carbonyl (C=O) groups is 3. The molecule has 1 aromatic heterocycles. The maximum atomic E-state index is 12.9. The van der Waals surface area contributed by atoms with Gasteiger partial charge in [0.1, 0.15) is 12.6 Å². The number of rotatable bonds is 8. The maximum absolute atomic E-state index is 12.9. The summed E-state index contributed by atoms with van der Waals surface area (Å²) < 4.78 is 0. The highest BCUT2D eigenvalue weighted by Gasteiger charge is 2.40. The molecule has 0 radical (unpaired) electrons. The van der Waals surface area contributed by atoms with Crippen LogP contribution in [0.4, 0.5) is 4.79 Å². The van der Waals surface area contributed by atoms with E-state index < -0.39 is 12.1 Å². The first-order valence-electron chi connectivity index (χ1n) is 10.3. The highest BCUT2D eigenvalue weighted by atomic mass is 16.2. The SMILES string of the molecule is CCC(C)N(C(=O)CN1C(=O)NC(Cc2c[nH]c3ccccc23)C1=O)C(C)CC. The van der Waals surface area contributed by atoms with Gasteiger partial charge in [0.25, 0.3) is 5.91 Å². The Morgan fingerprint density at radius 2 is 1.79 bits per heavy atom. The van der Waals surface area contributed by atoms with Crippen molar-refractivity contribution in [3.63, 3.8) is 0 Å². The van der Waals surface area contributed by atoms with E-state index in [4.69, 9.17) is 0 Å². The van der Waals surface area contributed by atoms with Crippen LogP contribution in [0.15, 0.2) is 30.5 Å². The fourth-order valence-corrected chi connectivity index (χ4v) is 3.92. The Morgan fingerprint density at radius 1 is 1.14 bits per heavy atom. The lowest BCUT2D eigenvalue weighted by Gasteiger charge is -2.34. The van der Waals surface area contributed by atoms with E-state index in [1.807, 2.05) is 58.2 Å². The van der Waals surface area contributed by atoms with Crippen molar-refractivity contribution >= 4 is 28.7 Å². The Kier molecular flexibility index (Phi) is 6.25. The second-order valence-electron chi connectivity index (χ2n) is 7.81. The largest absolute Gasteiger partial charge is 0.361 e. The van der Waals surface area contributed by atoms with Gasteiger partial charge in [-0.05, 0) is 38.3 Å². The molecule has 4 amide bonds. The van der Waals surface area contributed by atoms with Crippen molar-refractivity contribution in [2.45, 2.75) is 65.1 Å². The second-order valence-corrected chi connectivity index (χ2v) is 7.81. The number of hydrogen-bond donors (Lipinski definition) is 2. The molecule has 2 N–H and O–H groups in total. The molecule has 0 aliphatic carbocycles. The van der Waals surface area contributed by atoms with Crippen molar-refractivity contribution in [2.24, 2.45) is 0 Å². The Balaban J connectivity index is 1.72. The highest BCUT2D eigenvalue weighted by Crippen LogP contribution is 2.21. The molecule has 3 rings (SSSR count). The first-order valence-corrected chi connectivity index (χ1v) is 10.3. The number of hydrogen-bond acceptors (Lipinski definition) is 3. The quantitative estimate of drug-likeness (QED) is 0.670. The number of carbonyl (C=O) groups excluding carboxylic acids is 3. The van der Waals surface area contributed by atoms with E-state index >= 15 is 0 Å². The first kappa shape index (κ1) is 20.9. The van der Waals surface area contributed by atoms with Crippen molar-refractivity contribution in [3.8, 4) is 0 Å². The van der Waals surface area contributed by atoms with E-state index in [2.05, 4.69) is 10.3 Å². The van der Waals surface area contributed by atoms with Gasteiger partial charge in [-0.2, -0.15) is 0 Å². The summed E-state index contributed by atoms with van der Waals surface area (Å²) in [5, 5.41) is 3.77. The van der Waals surface area contributed by atoms with Crippen LogP contribution in [0, 0.1) is 0 Å². The van der Waals surface area contributed by atoms with Gasteiger partial charge >= 0.3 is 6.03 Å². The summed E-state index contributed by atoms with van der Waals surface area (Å²) in [6.45, 7) is 7.83. The van der Waals surface area contributed by atoms with Crippen molar-refractivity contribution in [3.05, 3.63) is 36.0 Å². The van der Waals surface area contributed by atoms with Gasteiger partial charge in [0, 0.05) is 35.6 Å². The first-order chi connectivity index (χ1) is 13.9. The van der Waals surface area contributed by atoms with Crippen LogP contribution in [0.5, 0.6) is 0 Å². The van der Waals surface area contributed by atoms with Gasteiger partial charge in [-0.3, -0.25) is 14.5 Å². The normalized spacial score (nSPS) is 18.8. The third kappa shape index (κ3) is 4.13. The molecule has 0 saturated carbocycles. The number of nitrogens with one attached hydrogen (secondary N) is 2.